The summed E-state index contributed by atoms with van der Waals surface area (Å²) in [5.74, 6) is -0.0561. The number of carbonyl (C=O) groups excluding carboxylic acids is 1. The third-order valence-corrected chi connectivity index (χ3v) is 1.59. The standard InChI is InChI=1S/C9H20N2O2/c1-7(12)6-11-8(13)4-5-9(2,3)10/h7,12H,4-6,10H2,1-3H3,(H,11,13). The highest BCUT2D eigenvalue weighted by atomic mass is 16.3. The Labute approximate surface area is 79.5 Å². The van der Waals surface area contributed by atoms with Crippen molar-refractivity contribution in [3.63, 3.8) is 0 Å². The SMILES string of the molecule is CC(O)CNC(=O)CCC(C)(C)N. The monoisotopic (exact) mass is 188 g/mol. The maximum Gasteiger partial charge on any atom is 0.220 e. The van der Waals surface area contributed by atoms with Crippen molar-refractivity contribution in [1.82, 2.24) is 5.32 Å². The average Bonchev–Trinajstić information content (AvgIpc) is 1.95. The summed E-state index contributed by atoms with van der Waals surface area (Å²) < 4.78 is 0. The third-order valence-electron chi connectivity index (χ3n) is 1.59. The fourth-order valence-corrected chi connectivity index (χ4v) is 0.786. The first-order chi connectivity index (χ1) is 5.81. The molecule has 4 heteroatoms. The Balaban J connectivity index is 3.53. The topological polar surface area (TPSA) is 75.3 Å². The summed E-state index contributed by atoms with van der Waals surface area (Å²) in [7, 11) is 0. The predicted molar refractivity (Wildman–Crippen MR) is 52.2 cm³/mol. The molecule has 0 aliphatic rings. The molecule has 0 aromatic carbocycles. The molecule has 1 unspecified atom stereocenters. The van der Waals surface area contributed by atoms with Gasteiger partial charge in [0.2, 0.25) is 5.91 Å². The normalized spacial score (nSPS) is 13.9. The van der Waals surface area contributed by atoms with Crippen molar-refractivity contribution in [2.45, 2.75) is 45.3 Å². The van der Waals surface area contributed by atoms with Crippen LogP contribution in [0.2, 0.25) is 0 Å². The molecule has 0 radical (unpaired) electrons. The minimum Gasteiger partial charge on any atom is -0.392 e. The molecule has 0 spiro atoms. The molecule has 0 saturated heterocycles. The zero-order chi connectivity index (χ0) is 10.5. The van der Waals surface area contributed by atoms with E-state index in [4.69, 9.17) is 10.8 Å². The number of nitrogens with two attached hydrogens (primary N) is 1. The van der Waals surface area contributed by atoms with Crippen molar-refractivity contribution in [2.24, 2.45) is 5.73 Å². The Morgan fingerprint density at radius 2 is 2.15 bits per heavy atom. The molecule has 78 valence electrons. The van der Waals surface area contributed by atoms with E-state index in [1.165, 1.54) is 0 Å². The van der Waals surface area contributed by atoms with Gasteiger partial charge in [0, 0.05) is 18.5 Å². The molecule has 1 amide bonds. The van der Waals surface area contributed by atoms with Crippen molar-refractivity contribution in [3.05, 3.63) is 0 Å². The van der Waals surface area contributed by atoms with Crippen molar-refractivity contribution in [2.75, 3.05) is 6.54 Å². The summed E-state index contributed by atoms with van der Waals surface area (Å²) in [4.78, 5) is 11.1. The van der Waals surface area contributed by atoms with Gasteiger partial charge in [-0.2, -0.15) is 0 Å². The summed E-state index contributed by atoms with van der Waals surface area (Å²) >= 11 is 0. The molecule has 1 atom stereocenters. The summed E-state index contributed by atoms with van der Waals surface area (Å²) in [5.41, 5.74) is 5.41. The van der Waals surface area contributed by atoms with Gasteiger partial charge in [0.15, 0.2) is 0 Å². The van der Waals surface area contributed by atoms with E-state index in [9.17, 15) is 4.79 Å². The quantitative estimate of drug-likeness (QED) is 0.568. The molecule has 0 rings (SSSR count). The Morgan fingerprint density at radius 1 is 1.62 bits per heavy atom. The molecule has 0 aromatic rings. The molecule has 0 aliphatic heterocycles. The fraction of sp³-hybridized carbons (Fsp3) is 0.889. The third kappa shape index (κ3) is 9.30. The maximum atomic E-state index is 11.1. The van der Waals surface area contributed by atoms with Crippen LogP contribution in [0.3, 0.4) is 0 Å². The van der Waals surface area contributed by atoms with Gasteiger partial charge >= 0.3 is 0 Å². The van der Waals surface area contributed by atoms with Crippen molar-refractivity contribution in [1.29, 1.82) is 0 Å². The average molecular weight is 188 g/mol. The number of aliphatic hydroxyl groups excluding tert-OH is 1. The van der Waals surface area contributed by atoms with E-state index < -0.39 is 6.10 Å². The van der Waals surface area contributed by atoms with Gasteiger partial charge in [-0.3, -0.25) is 4.79 Å². The lowest BCUT2D eigenvalue weighted by Gasteiger charge is -2.17. The molecule has 4 nitrogen and oxygen atoms in total. The first-order valence-electron chi connectivity index (χ1n) is 4.55. The summed E-state index contributed by atoms with van der Waals surface area (Å²) in [6, 6.07) is 0. The number of hydrogen-bond acceptors (Lipinski definition) is 3. The molecule has 13 heavy (non-hydrogen) atoms. The lowest BCUT2D eigenvalue weighted by atomic mass is 10.00. The second kappa shape index (κ2) is 5.19. The van der Waals surface area contributed by atoms with Gasteiger partial charge < -0.3 is 16.2 Å². The van der Waals surface area contributed by atoms with E-state index in [1.807, 2.05) is 13.8 Å². The molecule has 0 aliphatic carbocycles. The minimum atomic E-state index is -0.491. The van der Waals surface area contributed by atoms with Gasteiger partial charge in [0.05, 0.1) is 6.10 Å². The number of carbonyl (C=O) groups is 1. The van der Waals surface area contributed by atoms with Gasteiger partial charge in [-0.15, -0.1) is 0 Å². The van der Waals surface area contributed by atoms with Crippen LogP contribution in [0.5, 0.6) is 0 Å². The van der Waals surface area contributed by atoms with Crippen LogP contribution in [0.4, 0.5) is 0 Å². The number of hydrogen-bond donors (Lipinski definition) is 3. The fourth-order valence-electron chi connectivity index (χ4n) is 0.786. The van der Waals surface area contributed by atoms with E-state index in [2.05, 4.69) is 5.32 Å². The highest BCUT2D eigenvalue weighted by molar-refractivity contribution is 5.75. The maximum absolute atomic E-state index is 11.1. The smallest absolute Gasteiger partial charge is 0.220 e. The zero-order valence-corrected chi connectivity index (χ0v) is 8.63. The van der Waals surface area contributed by atoms with Crippen molar-refractivity contribution >= 4 is 5.91 Å². The summed E-state index contributed by atoms with van der Waals surface area (Å²) in [5, 5.41) is 11.5. The van der Waals surface area contributed by atoms with Gasteiger partial charge in [0.25, 0.3) is 0 Å². The van der Waals surface area contributed by atoms with E-state index in [0.29, 0.717) is 19.4 Å². The number of aliphatic hydroxyl groups is 1. The van der Waals surface area contributed by atoms with Gasteiger partial charge in [-0.05, 0) is 27.2 Å². The van der Waals surface area contributed by atoms with E-state index in [1.54, 1.807) is 6.92 Å². The van der Waals surface area contributed by atoms with Crippen LogP contribution in [0, 0.1) is 0 Å². The highest BCUT2D eigenvalue weighted by Crippen LogP contribution is 2.06. The van der Waals surface area contributed by atoms with E-state index >= 15 is 0 Å². The molecule has 4 N–H and O–H groups in total. The van der Waals surface area contributed by atoms with Crippen LogP contribution < -0.4 is 11.1 Å². The molecular weight excluding hydrogens is 168 g/mol. The Hall–Kier alpha value is -0.610. The number of amides is 1. The van der Waals surface area contributed by atoms with Gasteiger partial charge in [0.1, 0.15) is 0 Å². The number of nitrogens with one attached hydrogen (secondary N) is 1. The highest BCUT2D eigenvalue weighted by Gasteiger charge is 2.12. The Kier molecular flexibility index (Phi) is 4.95. The van der Waals surface area contributed by atoms with Crippen LogP contribution in [-0.2, 0) is 4.79 Å². The molecule has 0 saturated carbocycles. The summed E-state index contributed by atoms with van der Waals surface area (Å²) in [6.07, 6.45) is 0.573. The van der Waals surface area contributed by atoms with Gasteiger partial charge in [-0.25, -0.2) is 0 Å². The molecule has 0 fully saturated rings. The number of rotatable bonds is 5. The van der Waals surface area contributed by atoms with Crippen LogP contribution in [0.1, 0.15) is 33.6 Å². The first-order valence-corrected chi connectivity index (χ1v) is 4.55. The molecule has 0 bridgehead atoms. The van der Waals surface area contributed by atoms with Crippen LogP contribution >= 0.6 is 0 Å². The lowest BCUT2D eigenvalue weighted by molar-refractivity contribution is -0.121. The van der Waals surface area contributed by atoms with Crippen LogP contribution in [-0.4, -0.2) is 29.2 Å². The largest absolute Gasteiger partial charge is 0.392 e. The predicted octanol–water partition coefficient (Wildman–Crippen LogP) is 0.000900. The second-order valence-corrected chi connectivity index (χ2v) is 4.14. The van der Waals surface area contributed by atoms with Crippen molar-refractivity contribution in [3.8, 4) is 0 Å². The zero-order valence-electron chi connectivity index (χ0n) is 8.63. The van der Waals surface area contributed by atoms with Crippen LogP contribution in [0.25, 0.3) is 0 Å². The van der Waals surface area contributed by atoms with E-state index in [-0.39, 0.29) is 11.4 Å². The van der Waals surface area contributed by atoms with E-state index in [0.717, 1.165) is 0 Å². The van der Waals surface area contributed by atoms with Crippen LogP contribution in [0.15, 0.2) is 0 Å². The first kappa shape index (κ1) is 12.4. The molecular formula is C9H20N2O2. The minimum absolute atomic E-state index is 0.0561. The molecule has 0 aromatic heterocycles. The lowest BCUT2D eigenvalue weighted by Crippen LogP contribution is -2.36. The van der Waals surface area contributed by atoms with Gasteiger partial charge in [-0.1, -0.05) is 0 Å². The second-order valence-electron chi connectivity index (χ2n) is 4.14. The van der Waals surface area contributed by atoms with Crippen molar-refractivity contribution < 1.29 is 9.90 Å². The summed E-state index contributed by atoms with van der Waals surface area (Å²) in [6.45, 7) is 5.71. The molecule has 0 heterocycles. The Bertz CT molecular complexity index is 161. The Morgan fingerprint density at radius 3 is 2.54 bits per heavy atom.